The summed E-state index contributed by atoms with van der Waals surface area (Å²) in [5, 5.41) is 0.602. The average Bonchev–Trinajstić information content (AvgIpc) is 1.88. The second-order valence-electron chi connectivity index (χ2n) is 1.87. The molecule has 0 saturated heterocycles. The van der Waals surface area contributed by atoms with Crippen LogP contribution in [0.4, 0.5) is 0 Å². The van der Waals surface area contributed by atoms with Gasteiger partial charge >= 0.3 is 0 Å². The number of carbonyl (C=O) groups is 1. The van der Waals surface area contributed by atoms with Gasteiger partial charge in [-0.3, -0.25) is 4.79 Å². The van der Waals surface area contributed by atoms with E-state index in [1.54, 1.807) is 24.3 Å². The van der Waals surface area contributed by atoms with Gasteiger partial charge in [-0.15, -0.1) is 0 Å². The van der Waals surface area contributed by atoms with Crippen LogP contribution in [0, 0.1) is 6.92 Å². The molecule has 0 atom stereocenters. The Morgan fingerprint density at radius 3 is 2.20 bits per heavy atom. The third-order valence-electron chi connectivity index (χ3n) is 1.13. The molecule has 1 aromatic carbocycles. The molecule has 10 heavy (non-hydrogen) atoms. The van der Waals surface area contributed by atoms with Crippen LogP contribution in [0.3, 0.4) is 0 Å². The molecule has 0 bridgehead atoms. The number of hydrogen-bond acceptors (Lipinski definition) is 1. The highest BCUT2D eigenvalue weighted by Crippen LogP contribution is 2.09. The predicted octanol–water partition coefficient (Wildman–Crippen LogP) is 2.23. The average molecular weight is 153 g/mol. The first-order valence-corrected chi connectivity index (χ1v) is 3.13. The summed E-state index contributed by atoms with van der Waals surface area (Å²) in [6.07, 6.45) is 0. The zero-order valence-electron chi connectivity index (χ0n) is 5.17. The highest BCUT2D eigenvalue weighted by atomic mass is 35.5. The zero-order chi connectivity index (χ0) is 7.56. The molecule has 1 aromatic rings. The molecular formula is C8H5ClO. The number of rotatable bonds is 1. The van der Waals surface area contributed by atoms with Gasteiger partial charge in [-0.05, 0) is 24.3 Å². The number of hydrogen-bond donors (Lipinski definition) is 0. The van der Waals surface area contributed by atoms with Crippen LogP contribution in [0.15, 0.2) is 24.3 Å². The molecule has 0 aliphatic carbocycles. The summed E-state index contributed by atoms with van der Waals surface area (Å²) < 4.78 is 0. The van der Waals surface area contributed by atoms with Crippen molar-refractivity contribution in [3.8, 4) is 0 Å². The molecule has 1 rings (SSSR count). The van der Waals surface area contributed by atoms with Crippen LogP contribution in [0.5, 0.6) is 0 Å². The maximum absolute atomic E-state index is 10.5. The van der Waals surface area contributed by atoms with Gasteiger partial charge in [0.1, 0.15) is 0 Å². The summed E-state index contributed by atoms with van der Waals surface area (Å²) in [5.74, 6) is -0.434. The van der Waals surface area contributed by atoms with Crippen molar-refractivity contribution in [3.05, 3.63) is 41.8 Å². The number of carbonyl (C=O) groups excluding carboxylic acids is 1. The molecule has 2 radical (unpaired) electrons. The summed E-state index contributed by atoms with van der Waals surface area (Å²) in [4.78, 5) is 10.5. The topological polar surface area (TPSA) is 17.1 Å². The van der Waals surface area contributed by atoms with E-state index in [0.717, 1.165) is 0 Å². The molecule has 0 aliphatic rings. The van der Waals surface area contributed by atoms with Crippen LogP contribution < -0.4 is 0 Å². The molecule has 0 N–H and O–H groups in total. The molecule has 0 aromatic heterocycles. The monoisotopic (exact) mass is 152 g/mol. The molecule has 1 nitrogen and oxygen atoms in total. The first kappa shape index (κ1) is 7.29. The Kier molecular flexibility index (Phi) is 2.07. The predicted molar refractivity (Wildman–Crippen MR) is 40.1 cm³/mol. The van der Waals surface area contributed by atoms with E-state index in [1.165, 1.54) is 0 Å². The Morgan fingerprint density at radius 1 is 1.30 bits per heavy atom. The molecule has 2 heteroatoms. The summed E-state index contributed by atoms with van der Waals surface area (Å²) >= 11 is 5.56. The van der Waals surface area contributed by atoms with Gasteiger partial charge in [-0.2, -0.15) is 0 Å². The SMILES string of the molecule is [CH]C(=O)c1ccc(Cl)cc1. The lowest BCUT2D eigenvalue weighted by atomic mass is 10.2. The van der Waals surface area contributed by atoms with Gasteiger partial charge in [0.2, 0.25) is 0 Å². The first-order valence-electron chi connectivity index (χ1n) is 2.75. The molecular weight excluding hydrogens is 148 g/mol. The maximum Gasteiger partial charge on any atom is 0.167 e. The van der Waals surface area contributed by atoms with Crippen LogP contribution >= 0.6 is 11.6 Å². The standard InChI is InChI=1S/C8H5ClO/c1-6(10)7-2-4-8(9)5-3-7/h1-5H. The van der Waals surface area contributed by atoms with E-state index in [0.29, 0.717) is 10.6 Å². The molecule has 0 spiro atoms. The van der Waals surface area contributed by atoms with Crippen molar-refractivity contribution >= 4 is 17.4 Å². The fourth-order valence-corrected chi connectivity index (χ4v) is 0.740. The van der Waals surface area contributed by atoms with Gasteiger partial charge in [0, 0.05) is 17.5 Å². The zero-order valence-corrected chi connectivity index (χ0v) is 5.93. The van der Waals surface area contributed by atoms with Crippen molar-refractivity contribution in [2.75, 3.05) is 0 Å². The minimum atomic E-state index is -0.434. The van der Waals surface area contributed by atoms with E-state index >= 15 is 0 Å². The van der Waals surface area contributed by atoms with Crippen LogP contribution in [-0.2, 0) is 0 Å². The largest absolute Gasteiger partial charge is 0.294 e. The summed E-state index contributed by atoms with van der Waals surface area (Å²) in [5.41, 5.74) is 0.476. The van der Waals surface area contributed by atoms with Crippen LogP contribution in [-0.4, -0.2) is 5.78 Å². The molecule has 0 amide bonds. The molecule has 0 fully saturated rings. The van der Waals surface area contributed by atoms with Crippen LogP contribution in [0.1, 0.15) is 10.4 Å². The van der Waals surface area contributed by atoms with Crippen molar-refractivity contribution in [2.45, 2.75) is 0 Å². The second kappa shape index (κ2) is 2.84. The summed E-state index contributed by atoms with van der Waals surface area (Å²) in [6.45, 7) is 4.98. The van der Waals surface area contributed by atoms with Crippen LogP contribution in [0.2, 0.25) is 5.02 Å². The van der Waals surface area contributed by atoms with E-state index in [2.05, 4.69) is 0 Å². The molecule has 0 aliphatic heterocycles. The van der Waals surface area contributed by atoms with E-state index in [1.807, 2.05) is 0 Å². The minimum absolute atomic E-state index is 0.434. The first-order chi connectivity index (χ1) is 4.70. The Morgan fingerprint density at radius 2 is 1.80 bits per heavy atom. The Bertz CT molecular complexity index is 238. The lowest BCUT2D eigenvalue weighted by Crippen LogP contribution is -1.89. The van der Waals surface area contributed by atoms with E-state index < -0.39 is 5.78 Å². The quantitative estimate of drug-likeness (QED) is 0.564. The van der Waals surface area contributed by atoms with Gasteiger partial charge in [-0.25, -0.2) is 0 Å². The van der Waals surface area contributed by atoms with Gasteiger partial charge in [0.25, 0.3) is 0 Å². The Balaban J connectivity index is 3.00. The van der Waals surface area contributed by atoms with Gasteiger partial charge < -0.3 is 0 Å². The summed E-state index contributed by atoms with van der Waals surface area (Å²) in [6, 6.07) is 6.43. The van der Waals surface area contributed by atoms with Gasteiger partial charge in [0.15, 0.2) is 5.78 Å². The van der Waals surface area contributed by atoms with E-state index in [-0.39, 0.29) is 0 Å². The molecule has 0 heterocycles. The lowest BCUT2D eigenvalue weighted by Gasteiger charge is -1.92. The van der Waals surface area contributed by atoms with Gasteiger partial charge in [-0.1, -0.05) is 11.6 Å². The number of Topliss-reactive ketones (excluding diaryl/α,β-unsaturated/α-hetero) is 1. The van der Waals surface area contributed by atoms with Crippen molar-refractivity contribution < 1.29 is 4.79 Å². The Labute approximate surface area is 64.6 Å². The molecule has 0 unspecified atom stereocenters. The van der Waals surface area contributed by atoms with E-state index in [9.17, 15) is 4.79 Å². The summed E-state index contributed by atoms with van der Waals surface area (Å²) in [7, 11) is 0. The van der Waals surface area contributed by atoms with Crippen molar-refractivity contribution in [3.63, 3.8) is 0 Å². The van der Waals surface area contributed by atoms with Crippen molar-refractivity contribution in [1.82, 2.24) is 0 Å². The third kappa shape index (κ3) is 1.58. The minimum Gasteiger partial charge on any atom is -0.294 e. The van der Waals surface area contributed by atoms with Crippen molar-refractivity contribution in [1.29, 1.82) is 0 Å². The fraction of sp³-hybridized carbons (Fsp3) is 0. The van der Waals surface area contributed by atoms with Gasteiger partial charge in [0.05, 0.1) is 0 Å². The van der Waals surface area contributed by atoms with Crippen LogP contribution in [0.25, 0.3) is 0 Å². The Hall–Kier alpha value is -0.820. The number of ketones is 1. The number of halogens is 1. The maximum atomic E-state index is 10.5. The third-order valence-corrected chi connectivity index (χ3v) is 1.38. The smallest absolute Gasteiger partial charge is 0.167 e. The normalized spacial score (nSPS) is 9.40. The fourth-order valence-electron chi connectivity index (χ4n) is 0.614. The highest BCUT2D eigenvalue weighted by molar-refractivity contribution is 6.30. The molecule has 0 saturated carbocycles. The van der Waals surface area contributed by atoms with E-state index in [4.69, 9.17) is 18.5 Å². The highest BCUT2D eigenvalue weighted by Gasteiger charge is 1.96. The number of benzene rings is 1. The molecule has 50 valence electrons. The van der Waals surface area contributed by atoms with Crippen molar-refractivity contribution in [2.24, 2.45) is 0 Å². The lowest BCUT2D eigenvalue weighted by molar-refractivity contribution is 0.104. The second-order valence-corrected chi connectivity index (χ2v) is 2.31.